The molecule has 1 fully saturated rings. The first-order chi connectivity index (χ1) is 16.0. The molecule has 4 rings (SSSR count). The van der Waals surface area contributed by atoms with Crippen LogP contribution in [0.3, 0.4) is 0 Å². The topological polar surface area (TPSA) is 105 Å². The number of ether oxygens (including phenoxy) is 2. The summed E-state index contributed by atoms with van der Waals surface area (Å²) < 4.78 is 10.7. The quantitative estimate of drug-likeness (QED) is 0.638. The van der Waals surface area contributed by atoms with Crippen LogP contribution in [0.25, 0.3) is 11.1 Å². The summed E-state index contributed by atoms with van der Waals surface area (Å²) in [5, 5.41) is 11.7. The van der Waals surface area contributed by atoms with Crippen LogP contribution in [0.1, 0.15) is 36.3 Å². The SMILES string of the molecule is COCC(NC(=O)OCC1c2ccccc2-c2ccccc21)C(=O)N1CCC[C@H]1CC(=O)O. The summed E-state index contributed by atoms with van der Waals surface area (Å²) in [7, 11) is 1.44. The summed E-state index contributed by atoms with van der Waals surface area (Å²) in [6, 6.07) is 14.8. The predicted octanol–water partition coefficient (Wildman–Crippen LogP) is 3.01. The number of hydrogen-bond donors (Lipinski definition) is 2. The molecule has 1 heterocycles. The van der Waals surface area contributed by atoms with Gasteiger partial charge in [0, 0.05) is 25.6 Å². The Balaban J connectivity index is 1.41. The van der Waals surface area contributed by atoms with E-state index in [1.165, 1.54) is 12.0 Å². The van der Waals surface area contributed by atoms with E-state index >= 15 is 0 Å². The predicted molar refractivity (Wildman–Crippen MR) is 121 cm³/mol. The molecule has 2 atom stereocenters. The van der Waals surface area contributed by atoms with E-state index in [-0.39, 0.29) is 37.5 Å². The molecular weight excluding hydrogens is 424 g/mol. The van der Waals surface area contributed by atoms with Gasteiger partial charge in [0.25, 0.3) is 0 Å². The van der Waals surface area contributed by atoms with E-state index in [1.54, 1.807) is 0 Å². The van der Waals surface area contributed by atoms with Gasteiger partial charge in [0.2, 0.25) is 5.91 Å². The van der Waals surface area contributed by atoms with Crippen LogP contribution in [0.15, 0.2) is 48.5 Å². The Labute approximate surface area is 192 Å². The van der Waals surface area contributed by atoms with Gasteiger partial charge >= 0.3 is 12.1 Å². The Hall–Kier alpha value is -3.39. The molecule has 0 aromatic heterocycles. The monoisotopic (exact) mass is 452 g/mol. The zero-order chi connectivity index (χ0) is 23.4. The number of carbonyl (C=O) groups is 3. The van der Waals surface area contributed by atoms with Crippen LogP contribution >= 0.6 is 0 Å². The number of carbonyl (C=O) groups excluding carboxylic acids is 2. The summed E-state index contributed by atoms with van der Waals surface area (Å²) >= 11 is 0. The van der Waals surface area contributed by atoms with Crippen molar-refractivity contribution in [2.75, 3.05) is 26.9 Å². The minimum Gasteiger partial charge on any atom is -0.481 e. The van der Waals surface area contributed by atoms with Crippen molar-refractivity contribution in [1.29, 1.82) is 0 Å². The van der Waals surface area contributed by atoms with Gasteiger partial charge in [-0.05, 0) is 35.1 Å². The van der Waals surface area contributed by atoms with Crippen molar-refractivity contribution < 1.29 is 29.0 Å². The fourth-order valence-corrected chi connectivity index (χ4v) is 4.86. The molecule has 0 radical (unpaired) electrons. The summed E-state index contributed by atoms with van der Waals surface area (Å²) in [6.07, 6.45) is 0.536. The molecule has 0 saturated carbocycles. The van der Waals surface area contributed by atoms with Crippen molar-refractivity contribution in [2.24, 2.45) is 0 Å². The van der Waals surface area contributed by atoms with Crippen molar-refractivity contribution in [3.8, 4) is 11.1 Å². The average Bonchev–Trinajstić information content (AvgIpc) is 3.39. The number of rotatable bonds is 8. The highest BCUT2D eigenvalue weighted by Crippen LogP contribution is 2.44. The van der Waals surface area contributed by atoms with Gasteiger partial charge < -0.3 is 24.8 Å². The van der Waals surface area contributed by atoms with E-state index in [2.05, 4.69) is 17.4 Å². The average molecular weight is 453 g/mol. The second kappa shape index (κ2) is 10.0. The second-order valence-electron chi connectivity index (χ2n) is 8.40. The van der Waals surface area contributed by atoms with Gasteiger partial charge in [-0.25, -0.2) is 4.79 Å². The number of aliphatic carboxylic acids is 1. The van der Waals surface area contributed by atoms with Crippen molar-refractivity contribution in [3.63, 3.8) is 0 Å². The van der Waals surface area contributed by atoms with Crippen LogP contribution in [0.2, 0.25) is 0 Å². The van der Waals surface area contributed by atoms with E-state index < -0.39 is 18.1 Å². The Morgan fingerprint density at radius 3 is 2.33 bits per heavy atom. The minimum atomic E-state index is -0.951. The number of fused-ring (bicyclic) bond motifs is 3. The molecule has 0 bridgehead atoms. The molecule has 2 amide bonds. The fraction of sp³-hybridized carbons (Fsp3) is 0.400. The van der Waals surface area contributed by atoms with Crippen LogP contribution in [-0.4, -0.2) is 66.9 Å². The molecule has 1 unspecified atom stereocenters. The highest BCUT2D eigenvalue weighted by Gasteiger charge is 2.35. The van der Waals surface area contributed by atoms with Crippen molar-refractivity contribution in [3.05, 3.63) is 59.7 Å². The summed E-state index contributed by atoms with van der Waals surface area (Å²) in [6.45, 7) is 0.571. The molecule has 1 saturated heterocycles. The summed E-state index contributed by atoms with van der Waals surface area (Å²) in [5.74, 6) is -1.39. The Kier molecular flexibility index (Phi) is 6.93. The number of nitrogens with zero attached hydrogens (tertiary/aromatic N) is 1. The van der Waals surface area contributed by atoms with E-state index in [0.29, 0.717) is 13.0 Å². The summed E-state index contributed by atoms with van der Waals surface area (Å²) in [5.41, 5.74) is 4.47. The number of carboxylic acid groups (broad SMARTS) is 1. The lowest BCUT2D eigenvalue weighted by molar-refractivity contribution is -0.141. The van der Waals surface area contributed by atoms with Gasteiger partial charge in [0.1, 0.15) is 12.6 Å². The van der Waals surface area contributed by atoms with Crippen molar-refractivity contribution in [2.45, 2.75) is 37.3 Å². The first-order valence-electron chi connectivity index (χ1n) is 11.1. The third-order valence-electron chi connectivity index (χ3n) is 6.34. The van der Waals surface area contributed by atoms with Gasteiger partial charge in [-0.3, -0.25) is 9.59 Å². The number of likely N-dealkylation sites (tertiary alicyclic amines) is 1. The first-order valence-corrected chi connectivity index (χ1v) is 11.1. The summed E-state index contributed by atoms with van der Waals surface area (Å²) in [4.78, 5) is 38.3. The van der Waals surface area contributed by atoms with Crippen LogP contribution < -0.4 is 5.32 Å². The Morgan fingerprint density at radius 2 is 1.73 bits per heavy atom. The van der Waals surface area contributed by atoms with Crippen molar-refractivity contribution in [1.82, 2.24) is 10.2 Å². The molecule has 1 aliphatic heterocycles. The van der Waals surface area contributed by atoms with Gasteiger partial charge in [-0.1, -0.05) is 48.5 Å². The maximum absolute atomic E-state index is 13.0. The van der Waals surface area contributed by atoms with Crippen LogP contribution in [0.5, 0.6) is 0 Å². The van der Waals surface area contributed by atoms with Gasteiger partial charge in [0.15, 0.2) is 0 Å². The van der Waals surface area contributed by atoms with Gasteiger partial charge in [0.05, 0.1) is 13.0 Å². The van der Waals surface area contributed by atoms with E-state index in [9.17, 15) is 14.4 Å². The molecule has 174 valence electrons. The number of nitrogens with one attached hydrogen (secondary N) is 1. The number of carboxylic acids is 1. The zero-order valence-electron chi connectivity index (χ0n) is 18.5. The molecule has 2 aromatic carbocycles. The number of amides is 2. The second-order valence-corrected chi connectivity index (χ2v) is 8.40. The zero-order valence-corrected chi connectivity index (χ0v) is 18.5. The highest BCUT2D eigenvalue weighted by atomic mass is 16.5. The van der Waals surface area contributed by atoms with E-state index in [4.69, 9.17) is 14.6 Å². The Bertz CT molecular complexity index is 994. The minimum absolute atomic E-state index is 0.0285. The maximum atomic E-state index is 13.0. The lowest BCUT2D eigenvalue weighted by atomic mass is 9.98. The molecular formula is C25H28N2O6. The van der Waals surface area contributed by atoms with Crippen LogP contribution in [0.4, 0.5) is 4.79 Å². The third-order valence-corrected chi connectivity index (χ3v) is 6.34. The van der Waals surface area contributed by atoms with Gasteiger partial charge in [-0.15, -0.1) is 0 Å². The number of alkyl carbamates (subject to hydrolysis) is 1. The molecule has 33 heavy (non-hydrogen) atoms. The molecule has 8 nitrogen and oxygen atoms in total. The smallest absolute Gasteiger partial charge is 0.407 e. The lowest BCUT2D eigenvalue weighted by Gasteiger charge is -2.28. The normalized spacial score (nSPS) is 17.8. The fourth-order valence-electron chi connectivity index (χ4n) is 4.86. The first kappa shape index (κ1) is 22.8. The molecule has 2 N–H and O–H groups in total. The maximum Gasteiger partial charge on any atom is 0.407 e. The number of hydrogen-bond acceptors (Lipinski definition) is 5. The van der Waals surface area contributed by atoms with Crippen molar-refractivity contribution >= 4 is 18.0 Å². The number of benzene rings is 2. The largest absolute Gasteiger partial charge is 0.481 e. The molecule has 2 aliphatic rings. The lowest BCUT2D eigenvalue weighted by Crippen LogP contribution is -2.52. The Morgan fingerprint density at radius 1 is 1.09 bits per heavy atom. The molecule has 1 aliphatic carbocycles. The van der Waals surface area contributed by atoms with E-state index in [0.717, 1.165) is 28.7 Å². The third kappa shape index (κ3) is 4.85. The molecule has 2 aromatic rings. The standard InChI is InChI=1S/C25H28N2O6/c1-32-15-22(24(30)27-12-6-7-16(27)13-23(28)29)26-25(31)33-14-21-19-10-4-2-8-17(19)18-9-3-5-11-20(18)21/h2-5,8-11,16,21-22H,6-7,12-15H2,1H3,(H,26,31)(H,28,29)/t16-,22?/m0/s1. The van der Waals surface area contributed by atoms with Crippen LogP contribution in [0, 0.1) is 0 Å². The van der Waals surface area contributed by atoms with E-state index in [1.807, 2.05) is 36.4 Å². The highest BCUT2D eigenvalue weighted by molar-refractivity contribution is 5.87. The number of methoxy groups -OCH3 is 1. The molecule has 8 heteroatoms. The van der Waals surface area contributed by atoms with Crippen LogP contribution in [-0.2, 0) is 19.1 Å². The molecule has 0 spiro atoms. The van der Waals surface area contributed by atoms with Gasteiger partial charge in [-0.2, -0.15) is 0 Å².